The van der Waals surface area contributed by atoms with Gasteiger partial charge in [0.05, 0.1) is 5.75 Å². The third-order valence-electron chi connectivity index (χ3n) is 4.36. The third kappa shape index (κ3) is 5.36. The molecule has 1 aromatic heterocycles. The highest BCUT2D eigenvalue weighted by Crippen LogP contribution is 2.24. The molecule has 0 saturated carbocycles. The molecule has 0 aliphatic rings. The van der Waals surface area contributed by atoms with E-state index in [-0.39, 0.29) is 11.5 Å². The van der Waals surface area contributed by atoms with Crippen LogP contribution >= 0.6 is 27.7 Å². The number of ketones is 1. The Morgan fingerprint density at radius 1 is 1.17 bits per heavy atom. The minimum atomic E-state index is 0.0454. The number of ether oxygens (including phenoxy) is 1. The highest BCUT2D eigenvalue weighted by Gasteiger charge is 2.15. The molecule has 0 radical (unpaired) electrons. The van der Waals surface area contributed by atoms with Crippen molar-refractivity contribution in [3.63, 3.8) is 0 Å². The molecule has 3 rings (SSSR count). The maximum Gasteiger partial charge on any atom is 0.192 e. The number of benzene rings is 2. The van der Waals surface area contributed by atoms with Crippen LogP contribution in [0.3, 0.4) is 0 Å². The Balaban J connectivity index is 1.70. The summed E-state index contributed by atoms with van der Waals surface area (Å²) in [6, 6.07) is 13.4. The van der Waals surface area contributed by atoms with Crippen LogP contribution in [0.1, 0.15) is 27.3 Å². The number of halogens is 1. The average molecular weight is 472 g/mol. The first-order chi connectivity index (χ1) is 14.0. The number of aryl methyl sites for hydroxylation is 2. The molecule has 0 spiro atoms. The van der Waals surface area contributed by atoms with Gasteiger partial charge in [0.2, 0.25) is 0 Å². The van der Waals surface area contributed by atoms with E-state index in [0.717, 1.165) is 21.3 Å². The molecule has 0 aliphatic carbocycles. The van der Waals surface area contributed by atoms with Crippen molar-refractivity contribution in [2.24, 2.45) is 0 Å². The molecule has 0 saturated heterocycles. The molecule has 7 heteroatoms. The predicted molar refractivity (Wildman–Crippen MR) is 120 cm³/mol. The largest absolute Gasteiger partial charge is 0.485 e. The van der Waals surface area contributed by atoms with Crippen molar-refractivity contribution in [1.29, 1.82) is 0 Å². The summed E-state index contributed by atoms with van der Waals surface area (Å²) in [5, 5.41) is 9.21. The zero-order chi connectivity index (χ0) is 20.8. The van der Waals surface area contributed by atoms with Crippen LogP contribution in [0.4, 0.5) is 0 Å². The van der Waals surface area contributed by atoms with Crippen molar-refractivity contribution < 1.29 is 9.53 Å². The molecule has 0 unspecified atom stereocenters. The first kappa shape index (κ1) is 21.3. The number of aromatic nitrogens is 3. The smallest absolute Gasteiger partial charge is 0.192 e. The molecule has 0 fully saturated rings. The zero-order valence-corrected chi connectivity index (χ0v) is 18.8. The fraction of sp³-hybridized carbons (Fsp3) is 0.227. The summed E-state index contributed by atoms with van der Waals surface area (Å²) in [7, 11) is 0. The van der Waals surface area contributed by atoms with Gasteiger partial charge in [-0.15, -0.1) is 16.8 Å². The molecule has 0 amide bonds. The Morgan fingerprint density at radius 2 is 1.86 bits per heavy atom. The summed E-state index contributed by atoms with van der Waals surface area (Å²) < 4.78 is 8.90. The Kier molecular flexibility index (Phi) is 7.28. The molecule has 0 atom stereocenters. The van der Waals surface area contributed by atoms with Gasteiger partial charge in [-0.1, -0.05) is 64.1 Å². The Hall–Kier alpha value is -2.38. The van der Waals surface area contributed by atoms with Gasteiger partial charge >= 0.3 is 0 Å². The maximum atomic E-state index is 12.5. The van der Waals surface area contributed by atoms with Gasteiger partial charge in [0.1, 0.15) is 12.4 Å². The number of Topliss-reactive ketones (excluding diaryl/α,β-unsaturated/α-hetero) is 1. The second kappa shape index (κ2) is 9.89. The van der Waals surface area contributed by atoms with E-state index in [1.165, 1.54) is 11.8 Å². The molecule has 2 aromatic carbocycles. The monoisotopic (exact) mass is 471 g/mol. The van der Waals surface area contributed by atoms with Gasteiger partial charge in [-0.25, -0.2) is 0 Å². The Morgan fingerprint density at radius 3 is 2.52 bits per heavy atom. The van der Waals surface area contributed by atoms with E-state index >= 15 is 0 Å². The molecule has 0 bridgehead atoms. The number of nitrogens with zero attached hydrogens (tertiary/aromatic N) is 3. The van der Waals surface area contributed by atoms with Crippen molar-refractivity contribution in [3.05, 3.63) is 82.1 Å². The summed E-state index contributed by atoms with van der Waals surface area (Å²) in [4.78, 5) is 12.5. The number of carbonyl (C=O) groups is 1. The molecule has 29 heavy (non-hydrogen) atoms. The van der Waals surface area contributed by atoms with Crippen molar-refractivity contribution in [1.82, 2.24) is 14.8 Å². The van der Waals surface area contributed by atoms with Crippen LogP contribution in [0.15, 0.2) is 64.7 Å². The molecule has 0 N–H and O–H groups in total. The third-order valence-corrected chi connectivity index (χ3v) is 5.85. The first-order valence-electron chi connectivity index (χ1n) is 9.13. The van der Waals surface area contributed by atoms with Crippen LogP contribution < -0.4 is 4.74 Å². The molecule has 150 valence electrons. The SMILES string of the molecule is C=CCn1c(COc2c(C)cccc2C)nnc1SCC(=O)c1ccc(Br)cc1. The number of hydrogen-bond acceptors (Lipinski definition) is 5. The van der Waals surface area contributed by atoms with E-state index in [1.807, 2.05) is 60.9 Å². The molecular weight excluding hydrogens is 450 g/mol. The summed E-state index contributed by atoms with van der Waals surface area (Å²) in [5.41, 5.74) is 2.83. The van der Waals surface area contributed by atoms with Gasteiger partial charge < -0.3 is 4.74 Å². The predicted octanol–water partition coefficient (Wildman–Crippen LogP) is 5.40. The molecule has 3 aromatic rings. The van der Waals surface area contributed by atoms with Gasteiger partial charge in [-0.3, -0.25) is 9.36 Å². The zero-order valence-electron chi connectivity index (χ0n) is 16.4. The van der Waals surface area contributed by atoms with Gasteiger partial charge in [-0.2, -0.15) is 0 Å². The van der Waals surface area contributed by atoms with E-state index in [1.54, 1.807) is 6.08 Å². The fourth-order valence-electron chi connectivity index (χ4n) is 2.86. The molecule has 1 heterocycles. The number of allylic oxidation sites excluding steroid dienone is 1. The quantitative estimate of drug-likeness (QED) is 0.237. The van der Waals surface area contributed by atoms with E-state index in [2.05, 4.69) is 32.7 Å². The van der Waals surface area contributed by atoms with Gasteiger partial charge in [-0.05, 0) is 37.1 Å². The first-order valence-corrected chi connectivity index (χ1v) is 10.9. The van der Waals surface area contributed by atoms with Crippen LogP contribution in [0.2, 0.25) is 0 Å². The highest BCUT2D eigenvalue weighted by atomic mass is 79.9. The lowest BCUT2D eigenvalue weighted by molar-refractivity contribution is 0.102. The lowest BCUT2D eigenvalue weighted by Gasteiger charge is -2.12. The molecule has 0 aliphatic heterocycles. The van der Waals surface area contributed by atoms with Crippen molar-refractivity contribution in [3.8, 4) is 5.75 Å². The Bertz CT molecular complexity index is 995. The summed E-state index contributed by atoms with van der Waals surface area (Å²) >= 11 is 4.75. The molecular formula is C22H22BrN3O2S. The Labute approximate surface area is 183 Å². The van der Waals surface area contributed by atoms with Crippen LogP contribution in [-0.2, 0) is 13.2 Å². The van der Waals surface area contributed by atoms with Crippen molar-refractivity contribution in [2.75, 3.05) is 5.75 Å². The van der Waals surface area contributed by atoms with Crippen LogP contribution in [0, 0.1) is 13.8 Å². The van der Waals surface area contributed by atoms with Gasteiger partial charge in [0.15, 0.2) is 16.8 Å². The highest BCUT2D eigenvalue weighted by molar-refractivity contribution is 9.10. The minimum Gasteiger partial charge on any atom is -0.485 e. The van der Waals surface area contributed by atoms with E-state index in [0.29, 0.717) is 29.7 Å². The fourth-order valence-corrected chi connectivity index (χ4v) is 3.98. The van der Waals surface area contributed by atoms with Crippen LogP contribution in [0.25, 0.3) is 0 Å². The van der Waals surface area contributed by atoms with Gasteiger partial charge in [0.25, 0.3) is 0 Å². The van der Waals surface area contributed by atoms with Crippen molar-refractivity contribution >= 4 is 33.5 Å². The number of rotatable bonds is 9. The standard InChI is InChI=1S/C22H22BrN3O2S/c1-4-12-26-20(13-28-21-15(2)6-5-7-16(21)3)24-25-22(26)29-14-19(27)17-8-10-18(23)11-9-17/h4-11H,1,12-14H2,2-3H3. The summed E-state index contributed by atoms with van der Waals surface area (Å²) in [5.74, 6) is 1.89. The lowest BCUT2D eigenvalue weighted by atomic mass is 10.1. The second-order valence-electron chi connectivity index (χ2n) is 6.53. The number of thioether (sulfide) groups is 1. The lowest BCUT2D eigenvalue weighted by Crippen LogP contribution is -2.09. The van der Waals surface area contributed by atoms with Gasteiger partial charge in [0, 0.05) is 16.6 Å². The number of para-hydroxylation sites is 1. The summed E-state index contributed by atoms with van der Waals surface area (Å²) in [6.45, 7) is 8.71. The van der Waals surface area contributed by atoms with Crippen LogP contribution in [-0.4, -0.2) is 26.3 Å². The number of carbonyl (C=O) groups excluding carboxylic acids is 1. The second-order valence-corrected chi connectivity index (χ2v) is 8.38. The number of hydrogen-bond donors (Lipinski definition) is 0. The van der Waals surface area contributed by atoms with E-state index < -0.39 is 0 Å². The van der Waals surface area contributed by atoms with E-state index in [9.17, 15) is 4.79 Å². The summed E-state index contributed by atoms with van der Waals surface area (Å²) in [6.07, 6.45) is 1.78. The minimum absolute atomic E-state index is 0.0454. The maximum absolute atomic E-state index is 12.5. The topological polar surface area (TPSA) is 57.0 Å². The molecule has 5 nitrogen and oxygen atoms in total. The van der Waals surface area contributed by atoms with E-state index in [4.69, 9.17) is 4.74 Å². The van der Waals surface area contributed by atoms with Crippen LogP contribution in [0.5, 0.6) is 5.75 Å². The average Bonchev–Trinajstić information content (AvgIpc) is 3.08. The van der Waals surface area contributed by atoms with Crippen molar-refractivity contribution in [2.45, 2.75) is 32.2 Å². The normalized spacial score (nSPS) is 10.7.